The monoisotopic (exact) mass is 304 g/mol. The van der Waals surface area contributed by atoms with Gasteiger partial charge in [0.05, 0.1) is 12.1 Å². The summed E-state index contributed by atoms with van der Waals surface area (Å²) in [5, 5.41) is 5.97. The van der Waals surface area contributed by atoms with Crippen molar-refractivity contribution in [1.82, 2.24) is 10.1 Å². The van der Waals surface area contributed by atoms with Gasteiger partial charge in [-0.25, -0.2) is 0 Å². The number of rotatable bonds is 3. The van der Waals surface area contributed by atoms with Crippen molar-refractivity contribution in [2.24, 2.45) is 5.92 Å². The number of hydrogen-bond donors (Lipinski definition) is 0. The Kier molecular flexibility index (Phi) is 3.85. The van der Waals surface area contributed by atoms with Gasteiger partial charge in [0, 0.05) is 23.4 Å². The van der Waals surface area contributed by atoms with Gasteiger partial charge in [0.15, 0.2) is 0 Å². The van der Waals surface area contributed by atoms with Crippen LogP contribution in [0.2, 0.25) is 0 Å². The fraction of sp³-hybridized carbons (Fsp3) is 0.500. The van der Waals surface area contributed by atoms with Crippen molar-refractivity contribution < 1.29 is 9.32 Å². The zero-order valence-electron chi connectivity index (χ0n) is 12.7. The van der Waals surface area contributed by atoms with Crippen LogP contribution in [0.15, 0.2) is 16.0 Å². The van der Waals surface area contributed by atoms with Gasteiger partial charge in [0.1, 0.15) is 11.5 Å². The Labute approximate surface area is 128 Å². The van der Waals surface area contributed by atoms with E-state index in [9.17, 15) is 4.79 Å². The second-order valence-electron chi connectivity index (χ2n) is 5.99. The second-order valence-corrected chi connectivity index (χ2v) is 6.95. The number of carbonyl (C=O) groups excluding carboxylic acids is 1. The molecule has 0 aromatic carbocycles. The number of hydrogen-bond acceptors (Lipinski definition) is 4. The molecule has 0 saturated carbocycles. The minimum Gasteiger partial charge on any atom is -0.361 e. The Morgan fingerprint density at radius 2 is 2.38 bits per heavy atom. The van der Waals surface area contributed by atoms with Crippen molar-refractivity contribution in [2.45, 2.75) is 39.7 Å². The van der Waals surface area contributed by atoms with Crippen LogP contribution >= 0.6 is 11.3 Å². The van der Waals surface area contributed by atoms with Crippen molar-refractivity contribution in [3.8, 4) is 0 Å². The maximum absolute atomic E-state index is 12.6. The molecule has 4 nitrogen and oxygen atoms in total. The van der Waals surface area contributed by atoms with E-state index >= 15 is 0 Å². The second kappa shape index (κ2) is 5.64. The van der Waals surface area contributed by atoms with Crippen molar-refractivity contribution in [1.29, 1.82) is 0 Å². The summed E-state index contributed by atoms with van der Waals surface area (Å²) in [5.74, 6) is 1.59. The van der Waals surface area contributed by atoms with Gasteiger partial charge in [0.25, 0.3) is 5.91 Å². The average Bonchev–Trinajstić information content (AvgIpc) is 3.03. The number of nitrogens with zero attached hydrogens (tertiary/aromatic N) is 2. The summed E-state index contributed by atoms with van der Waals surface area (Å²) in [6.07, 6.45) is 3.31. The largest absolute Gasteiger partial charge is 0.361 e. The van der Waals surface area contributed by atoms with Gasteiger partial charge in [-0.1, -0.05) is 12.1 Å². The lowest BCUT2D eigenvalue weighted by Crippen LogP contribution is -2.27. The Morgan fingerprint density at radius 1 is 1.57 bits per heavy atom. The van der Waals surface area contributed by atoms with E-state index in [1.165, 1.54) is 16.9 Å². The summed E-state index contributed by atoms with van der Waals surface area (Å²) >= 11 is 1.73. The normalized spacial score (nSPS) is 17.6. The highest BCUT2D eigenvalue weighted by Crippen LogP contribution is 2.33. The molecule has 1 atom stereocenters. The van der Waals surface area contributed by atoms with Crippen molar-refractivity contribution >= 4 is 17.2 Å². The van der Waals surface area contributed by atoms with Crippen molar-refractivity contribution in [3.63, 3.8) is 0 Å². The lowest BCUT2D eigenvalue weighted by Gasteiger charge is -2.20. The molecule has 1 aliphatic carbocycles. The predicted octanol–water partition coefficient (Wildman–Crippen LogP) is 3.44. The molecule has 2 heterocycles. The van der Waals surface area contributed by atoms with Gasteiger partial charge >= 0.3 is 0 Å². The van der Waals surface area contributed by atoms with Crippen LogP contribution in [-0.2, 0) is 19.4 Å². The van der Waals surface area contributed by atoms with Crippen LogP contribution in [0.5, 0.6) is 0 Å². The molecule has 0 N–H and O–H groups in total. The summed E-state index contributed by atoms with van der Waals surface area (Å²) in [4.78, 5) is 15.8. The summed E-state index contributed by atoms with van der Waals surface area (Å²) in [7, 11) is 1.82. The summed E-state index contributed by atoms with van der Waals surface area (Å²) in [5.41, 5.74) is 2.94. The molecule has 0 bridgehead atoms. The number of carbonyl (C=O) groups is 1. The van der Waals surface area contributed by atoms with E-state index < -0.39 is 0 Å². The number of amides is 1. The third kappa shape index (κ3) is 2.88. The third-order valence-electron chi connectivity index (χ3n) is 4.05. The number of aromatic nitrogens is 1. The standard InChI is InChI=1S/C16H20N2O2S/c1-10-4-5-13-14(9-21-15(13)6-10)16(19)18(3)8-12-7-11(2)20-17-12/h7,9-10H,4-6,8H2,1-3H3. The van der Waals surface area contributed by atoms with E-state index in [-0.39, 0.29) is 5.91 Å². The summed E-state index contributed by atoms with van der Waals surface area (Å²) < 4.78 is 5.05. The van der Waals surface area contributed by atoms with Crippen molar-refractivity contribution in [2.75, 3.05) is 7.05 Å². The lowest BCUT2D eigenvalue weighted by atomic mass is 9.88. The number of fused-ring (bicyclic) bond motifs is 1. The summed E-state index contributed by atoms with van der Waals surface area (Å²) in [6, 6.07) is 1.87. The zero-order valence-corrected chi connectivity index (χ0v) is 13.5. The molecule has 0 saturated heterocycles. The molecule has 5 heteroatoms. The quantitative estimate of drug-likeness (QED) is 0.872. The van der Waals surface area contributed by atoms with Crippen molar-refractivity contribution in [3.05, 3.63) is 38.9 Å². The molecule has 0 radical (unpaired) electrons. The summed E-state index contributed by atoms with van der Waals surface area (Å²) in [6.45, 7) is 4.62. The van der Waals surface area contributed by atoms with Gasteiger partial charge in [-0.05, 0) is 37.7 Å². The minimum absolute atomic E-state index is 0.0858. The van der Waals surface area contributed by atoms with Crippen LogP contribution in [0.3, 0.4) is 0 Å². The Balaban J connectivity index is 1.76. The first-order valence-electron chi connectivity index (χ1n) is 7.31. The Bertz CT molecular complexity index is 659. The van der Waals surface area contributed by atoms with E-state index in [1.807, 2.05) is 25.4 Å². The van der Waals surface area contributed by atoms with Gasteiger partial charge in [-0.3, -0.25) is 4.79 Å². The highest BCUT2D eigenvalue weighted by molar-refractivity contribution is 7.10. The Morgan fingerprint density at radius 3 is 3.10 bits per heavy atom. The first kappa shape index (κ1) is 14.3. The average molecular weight is 304 g/mol. The fourth-order valence-electron chi connectivity index (χ4n) is 2.87. The van der Waals surface area contributed by atoms with E-state index in [0.717, 1.165) is 35.8 Å². The predicted molar refractivity (Wildman–Crippen MR) is 82.5 cm³/mol. The van der Waals surface area contributed by atoms with Gasteiger partial charge in [-0.2, -0.15) is 0 Å². The fourth-order valence-corrected chi connectivity index (χ4v) is 4.11. The minimum atomic E-state index is 0.0858. The molecular formula is C16H20N2O2S. The maximum atomic E-state index is 12.6. The van der Waals surface area contributed by atoms with Gasteiger partial charge in [-0.15, -0.1) is 11.3 Å². The van der Waals surface area contributed by atoms with E-state index in [1.54, 1.807) is 16.2 Å². The van der Waals surface area contributed by atoms with Crippen LogP contribution in [-0.4, -0.2) is 23.0 Å². The molecule has 1 amide bonds. The topological polar surface area (TPSA) is 46.3 Å². The van der Waals surface area contributed by atoms with E-state index in [2.05, 4.69) is 12.1 Å². The van der Waals surface area contributed by atoms with E-state index in [4.69, 9.17) is 4.52 Å². The molecule has 1 unspecified atom stereocenters. The first-order valence-corrected chi connectivity index (χ1v) is 8.19. The van der Waals surface area contributed by atoms with Crippen LogP contribution < -0.4 is 0 Å². The third-order valence-corrected chi connectivity index (χ3v) is 5.11. The maximum Gasteiger partial charge on any atom is 0.255 e. The number of aryl methyl sites for hydroxylation is 1. The Hall–Kier alpha value is -1.62. The van der Waals surface area contributed by atoms with Gasteiger partial charge in [0.2, 0.25) is 0 Å². The molecule has 0 spiro atoms. The molecule has 3 rings (SSSR count). The number of thiophene rings is 1. The van der Waals surface area contributed by atoms with E-state index in [0.29, 0.717) is 6.54 Å². The molecule has 112 valence electrons. The molecule has 21 heavy (non-hydrogen) atoms. The first-order chi connectivity index (χ1) is 10.0. The smallest absolute Gasteiger partial charge is 0.255 e. The molecule has 2 aromatic rings. The molecule has 0 fully saturated rings. The molecule has 1 aliphatic rings. The highest BCUT2D eigenvalue weighted by atomic mass is 32.1. The highest BCUT2D eigenvalue weighted by Gasteiger charge is 2.25. The zero-order chi connectivity index (χ0) is 15.0. The van der Waals surface area contributed by atoms with Crippen LogP contribution in [0.4, 0.5) is 0 Å². The molecular weight excluding hydrogens is 284 g/mol. The van der Waals surface area contributed by atoms with Crippen LogP contribution in [0.25, 0.3) is 0 Å². The van der Waals surface area contributed by atoms with Gasteiger partial charge < -0.3 is 9.42 Å². The molecule has 0 aliphatic heterocycles. The lowest BCUT2D eigenvalue weighted by molar-refractivity contribution is 0.0781. The van der Waals surface area contributed by atoms with Crippen LogP contribution in [0, 0.1) is 12.8 Å². The SMILES string of the molecule is Cc1cc(CN(C)C(=O)c2csc3c2CCC(C)C3)no1. The molecule has 2 aromatic heterocycles. The van der Waals surface area contributed by atoms with Crippen LogP contribution in [0.1, 0.15) is 45.6 Å².